The summed E-state index contributed by atoms with van der Waals surface area (Å²) in [5, 5.41) is 0.802. The van der Waals surface area contributed by atoms with E-state index in [4.69, 9.17) is 9.15 Å². The third-order valence-electron chi connectivity index (χ3n) is 3.15. The van der Waals surface area contributed by atoms with E-state index in [0.29, 0.717) is 24.4 Å². The van der Waals surface area contributed by atoms with Crippen LogP contribution < -0.4 is 10.4 Å². The predicted molar refractivity (Wildman–Crippen MR) is 85.0 cm³/mol. The van der Waals surface area contributed by atoms with Crippen LogP contribution in [0.2, 0.25) is 0 Å². The summed E-state index contributed by atoms with van der Waals surface area (Å²) in [5.41, 5.74) is 0.939. The maximum Gasteiger partial charge on any atom is 0.336 e. The Morgan fingerprint density at radius 3 is 2.73 bits per heavy atom. The quantitative estimate of drug-likeness (QED) is 0.608. The first-order valence-electron chi connectivity index (χ1n) is 7.08. The average Bonchev–Trinajstić information content (AvgIpc) is 2.49. The average molecular weight is 301 g/mol. The summed E-state index contributed by atoms with van der Waals surface area (Å²) in [6.45, 7) is 8.65. The topological polar surface area (TPSA) is 59.8 Å². The second-order valence-corrected chi connectivity index (χ2v) is 5.11. The van der Waals surface area contributed by atoms with Crippen LogP contribution in [0.5, 0.6) is 5.75 Å². The molecule has 116 valence electrons. The third-order valence-corrected chi connectivity index (χ3v) is 3.15. The van der Waals surface area contributed by atoms with Crippen LogP contribution in [0, 0.1) is 0 Å². The van der Waals surface area contributed by atoms with Gasteiger partial charge in [0.1, 0.15) is 11.3 Å². The van der Waals surface area contributed by atoms with Crippen molar-refractivity contribution in [3.05, 3.63) is 52.9 Å². The molecule has 0 unspecified atom stereocenters. The lowest BCUT2D eigenvalue weighted by Crippen LogP contribution is -2.35. The number of rotatable bonds is 6. The van der Waals surface area contributed by atoms with Gasteiger partial charge in [0.25, 0.3) is 5.91 Å². The molecule has 22 heavy (non-hydrogen) atoms. The van der Waals surface area contributed by atoms with Crippen molar-refractivity contribution in [1.29, 1.82) is 0 Å². The molecular weight excluding hydrogens is 282 g/mol. The molecule has 5 nitrogen and oxygen atoms in total. The van der Waals surface area contributed by atoms with E-state index in [1.54, 1.807) is 29.2 Å². The van der Waals surface area contributed by atoms with Gasteiger partial charge in [-0.15, -0.1) is 0 Å². The van der Waals surface area contributed by atoms with Crippen molar-refractivity contribution in [2.24, 2.45) is 0 Å². The minimum absolute atomic E-state index is 0.0658. The predicted octanol–water partition coefficient (Wildman–Crippen LogP) is 2.60. The Kier molecular flexibility index (Phi) is 4.99. The lowest BCUT2D eigenvalue weighted by Gasteiger charge is -2.21. The van der Waals surface area contributed by atoms with Gasteiger partial charge < -0.3 is 14.1 Å². The van der Waals surface area contributed by atoms with Gasteiger partial charge in [0.2, 0.25) is 0 Å². The van der Waals surface area contributed by atoms with Crippen molar-refractivity contribution in [2.45, 2.75) is 13.8 Å². The number of nitrogens with zero attached hydrogens (tertiary/aromatic N) is 1. The van der Waals surface area contributed by atoms with Crippen LogP contribution in [0.15, 0.2) is 51.7 Å². The zero-order valence-corrected chi connectivity index (χ0v) is 12.8. The Morgan fingerprint density at radius 1 is 1.32 bits per heavy atom. The third kappa shape index (κ3) is 3.97. The van der Waals surface area contributed by atoms with Crippen molar-refractivity contribution >= 4 is 16.9 Å². The second kappa shape index (κ2) is 6.93. The van der Waals surface area contributed by atoms with Crippen LogP contribution in [0.1, 0.15) is 13.8 Å². The Bertz CT molecular complexity index is 748. The zero-order valence-electron chi connectivity index (χ0n) is 12.8. The highest BCUT2D eigenvalue weighted by Crippen LogP contribution is 2.19. The van der Waals surface area contributed by atoms with Gasteiger partial charge in [-0.3, -0.25) is 4.79 Å². The molecule has 0 spiro atoms. The fourth-order valence-electron chi connectivity index (χ4n) is 2.07. The lowest BCUT2D eigenvalue weighted by atomic mass is 10.2. The van der Waals surface area contributed by atoms with Crippen molar-refractivity contribution in [2.75, 3.05) is 19.7 Å². The number of hydrogen-bond donors (Lipinski definition) is 0. The lowest BCUT2D eigenvalue weighted by molar-refractivity contribution is -0.132. The molecular formula is C17H19NO4. The van der Waals surface area contributed by atoms with Crippen LogP contribution in [-0.2, 0) is 4.79 Å². The molecule has 0 aliphatic rings. The molecule has 0 N–H and O–H groups in total. The molecule has 0 aliphatic carbocycles. The summed E-state index contributed by atoms with van der Waals surface area (Å²) < 4.78 is 10.6. The minimum atomic E-state index is -0.417. The van der Waals surface area contributed by atoms with Gasteiger partial charge in [0.15, 0.2) is 6.61 Å². The standard InChI is InChI=1S/C17H19NO4/c1-4-18(10-12(2)3)16(19)11-21-14-7-5-13-6-8-17(20)22-15(13)9-14/h5-9H,2,4,10-11H2,1,3H3. The number of amides is 1. The van der Waals surface area contributed by atoms with Gasteiger partial charge in [0, 0.05) is 30.6 Å². The maximum absolute atomic E-state index is 12.1. The summed E-state index contributed by atoms with van der Waals surface area (Å²) in [7, 11) is 0. The first-order valence-corrected chi connectivity index (χ1v) is 7.08. The fourth-order valence-corrected chi connectivity index (χ4v) is 2.07. The molecule has 0 aliphatic heterocycles. The number of ether oxygens (including phenoxy) is 1. The molecule has 0 atom stereocenters. The van der Waals surface area contributed by atoms with E-state index in [9.17, 15) is 9.59 Å². The van der Waals surface area contributed by atoms with Crippen LogP contribution in [0.25, 0.3) is 11.0 Å². The number of benzene rings is 1. The van der Waals surface area contributed by atoms with Gasteiger partial charge in [-0.25, -0.2) is 4.79 Å². The van der Waals surface area contributed by atoms with E-state index in [-0.39, 0.29) is 12.5 Å². The van der Waals surface area contributed by atoms with Gasteiger partial charge in [-0.1, -0.05) is 12.2 Å². The van der Waals surface area contributed by atoms with Crippen LogP contribution >= 0.6 is 0 Å². The summed E-state index contributed by atoms with van der Waals surface area (Å²) in [6, 6.07) is 8.18. The number of carbonyl (C=O) groups excluding carboxylic acids is 1. The molecule has 1 aromatic carbocycles. The van der Waals surface area contributed by atoms with Gasteiger partial charge >= 0.3 is 5.63 Å². The van der Waals surface area contributed by atoms with Crippen LogP contribution in [0.3, 0.4) is 0 Å². The highest BCUT2D eigenvalue weighted by molar-refractivity contribution is 5.79. The minimum Gasteiger partial charge on any atom is -0.484 e. The zero-order chi connectivity index (χ0) is 16.1. The van der Waals surface area contributed by atoms with E-state index < -0.39 is 5.63 Å². The van der Waals surface area contributed by atoms with Crippen molar-refractivity contribution in [3.63, 3.8) is 0 Å². The molecule has 1 heterocycles. The monoisotopic (exact) mass is 301 g/mol. The summed E-state index contributed by atoms with van der Waals surface area (Å²) in [6.07, 6.45) is 0. The Hall–Kier alpha value is -2.56. The fraction of sp³-hybridized carbons (Fsp3) is 0.294. The van der Waals surface area contributed by atoms with E-state index >= 15 is 0 Å². The van der Waals surface area contributed by atoms with Crippen molar-refractivity contribution < 1.29 is 13.9 Å². The Labute approximate surface area is 128 Å². The normalized spacial score (nSPS) is 10.5. The first kappa shape index (κ1) is 15.8. The molecule has 2 aromatic rings. The molecule has 0 fully saturated rings. The van der Waals surface area contributed by atoms with E-state index in [1.807, 2.05) is 13.8 Å². The number of carbonyl (C=O) groups is 1. The summed E-state index contributed by atoms with van der Waals surface area (Å²) in [4.78, 5) is 25.0. The second-order valence-electron chi connectivity index (χ2n) is 5.11. The van der Waals surface area contributed by atoms with Crippen molar-refractivity contribution in [3.8, 4) is 5.75 Å². The maximum atomic E-state index is 12.1. The molecule has 0 bridgehead atoms. The number of likely N-dealkylation sites (N-methyl/N-ethyl adjacent to an activating group) is 1. The molecule has 2 rings (SSSR count). The van der Waals surface area contributed by atoms with Gasteiger partial charge in [-0.2, -0.15) is 0 Å². The summed E-state index contributed by atoms with van der Waals surface area (Å²) >= 11 is 0. The number of hydrogen-bond acceptors (Lipinski definition) is 4. The molecule has 0 saturated heterocycles. The molecule has 0 radical (unpaired) electrons. The Morgan fingerprint density at radius 2 is 2.05 bits per heavy atom. The van der Waals surface area contributed by atoms with E-state index in [2.05, 4.69) is 6.58 Å². The molecule has 0 saturated carbocycles. The van der Waals surface area contributed by atoms with Gasteiger partial charge in [0.05, 0.1) is 0 Å². The molecule has 5 heteroatoms. The van der Waals surface area contributed by atoms with Gasteiger partial charge in [-0.05, 0) is 32.0 Å². The first-order chi connectivity index (χ1) is 10.5. The van der Waals surface area contributed by atoms with Crippen LogP contribution in [-0.4, -0.2) is 30.5 Å². The SMILES string of the molecule is C=C(C)CN(CC)C(=O)COc1ccc2ccc(=O)oc2c1. The van der Waals surface area contributed by atoms with E-state index in [1.165, 1.54) is 6.07 Å². The Balaban J connectivity index is 2.06. The smallest absolute Gasteiger partial charge is 0.336 e. The van der Waals surface area contributed by atoms with Crippen LogP contribution in [0.4, 0.5) is 0 Å². The van der Waals surface area contributed by atoms with Crippen molar-refractivity contribution in [1.82, 2.24) is 4.90 Å². The van der Waals surface area contributed by atoms with E-state index in [0.717, 1.165) is 11.0 Å². The highest BCUT2D eigenvalue weighted by atomic mass is 16.5. The largest absolute Gasteiger partial charge is 0.484 e. The number of fused-ring (bicyclic) bond motifs is 1. The highest BCUT2D eigenvalue weighted by Gasteiger charge is 2.12. The molecule has 1 aromatic heterocycles. The summed E-state index contributed by atoms with van der Waals surface area (Å²) in [5.74, 6) is 0.377. The molecule has 1 amide bonds.